The molecule has 2 atom stereocenters. The second-order valence-corrected chi connectivity index (χ2v) is 3.43. The van der Waals surface area contributed by atoms with Gasteiger partial charge in [-0.2, -0.15) is 0 Å². The standard InChI is InChI=1S/C6H5Cl3O/c7-4-2-1-3-5(8)6(4,9)10/h1-4,10H/t4-,6-/m1/s1. The predicted octanol–water partition coefficient (Wildman–Crippen LogP) is 2.21. The summed E-state index contributed by atoms with van der Waals surface area (Å²) in [4.78, 5) is 0. The van der Waals surface area contributed by atoms with Crippen LogP contribution in [0.1, 0.15) is 0 Å². The normalized spacial score (nSPS) is 39.6. The second-order valence-electron chi connectivity index (χ2n) is 1.97. The maximum absolute atomic E-state index is 9.29. The molecule has 0 bridgehead atoms. The third-order valence-corrected chi connectivity index (χ3v) is 2.75. The molecule has 4 heteroatoms. The lowest BCUT2D eigenvalue weighted by molar-refractivity contribution is 0.180. The van der Waals surface area contributed by atoms with E-state index in [1.807, 2.05) is 0 Å². The Morgan fingerprint density at radius 1 is 1.60 bits per heavy atom. The molecule has 0 aromatic rings. The second kappa shape index (κ2) is 2.74. The summed E-state index contributed by atoms with van der Waals surface area (Å²) in [5.74, 6) is 0. The summed E-state index contributed by atoms with van der Waals surface area (Å²) in [5.41, 5.74) is 0. The molecule has 1 aliphatic carbocycles. The molecular formula is C6H5Cl3O. The van der Waals surface area contributed by atoms with Crippen molar-refractivity contribution in [2.45, 2.75) is 10.4 Å². The van der Waals surface area contributed by atoms with Gasteiger partial charge in [0.25, 0.3) is 0 Å². The van der Waals surface area contributed by atoms with Gasteiger partial charge in [0.05, 0.1) is 5.03 Å². The largest absolute Gasteiger partial charge is 0.369 e. The van der Waals surface area contributed by atoms with Crippen LogP contribution in [-0.4, -0.2) is 15.5 Å². The molecule has 0 saturated heterocycles. The van der Waals surface area contributed by atoms with Gasteiger partial charge in [0.1, 0.15) is 5.38 Å². The highest BCUT2D eigenvalue weighted by molar-refractivity contribution is 6.42. The highest BCUT2D eigenvalue weighted by atomic mass is 35.5. The zero-order valence-corrected chi connectivity index (χ0v) is 7.16. The summed E-state index contributed by atoms with van der Waals surface area (Å²) < 4.78 is 0. The molecule has 10 heavy (non-hydrogen) atoms. The molecule has 0 aromatic carbocycles. The highest BCUT2D eigenvalue weighted by Gasteiger charge is 2.36. The monoisotopic (exact) mass is 198 g/mol. The molecule has 56 valence electrons. The maximum Gasteiger partial charge on any atom is 0.195 e. The summed E-state index contributed by atoms with van der Waals surface area (Å²) in [6.45, 7) is 0. The minimum atomic E-state index is -1.63. The molecule has 0 amide bonds. The maximum atomic E-state index is 9.29. The topological polar surface area (TPSA) is 20.2 Å². The Kier molecular flexibility index (Phi) is 2.31. The van der Waals surface area contributed by atoms with Gasteiger partial charge in [-0.15, -0.1) is 11.6 Å². The van der Waals surface area contributed by atoms with Gasteiger partial charge in [-0.05, 0) is 6.08 Å². The highest BCUT2D eigenvalue weighted by Crippen LogP contribution is 2.35. The van der Waals surface area contributed by atoms with Crippen molar-refractivity contribution < 1.29 is 5.11 Å². The Labute approximate surface area is 73.9 Å². The predicted molar refractivity (Wildman–Crippen MR) is 43.5 cm³/mol. The third kappa shape index (κ3) is 1.32. The number of rotatable bonds is 0. The average molecular weight is 199 g/mol. The average Bonchev–Trinajstić information content (AvgIpc) is 1.84. The Morgan fingerprint density at radius 3 is 2.60 bits per heavy atom. The van der Waals surface area contributed by atoms with Gasteiger partial charge in [0.15, 0.2) is 5.06 Å². The van der Waals surface area contributed by atoms with Crippen LogP contribution in [-0.2, 0) is 0 Å². The number of aliphatic hydroxyl groups is 1. The van der Waals surface area contributed by atoms with E-state index in [0.29, 0.717) is 0 Å². The van der Waals surface area contributed by atoms with Crippen LogP contribution in [0.2, 0.25) is 0 Å². The lowest BCUT2D eigenvalue weighted by atomic mass is 10.1. The fraction of sp³-hybridized carbons (Fsp3) is 0.333. The van der Waals surface area contributed by atoms with E-state index in [2.05, 4.69) is 0 Å². The summed E-state index contributed by atoms with van der Waals surface area (Å²) in [6, 6.07) is 0. The first-order valence-electron chi connectivity index (χ1n) is 2.65. The number of allylic oxidation sites excluding steroid dienone is 2. The van der Waals surface area contributed by atoms with Crippen LogP contribution >= 0.6 is 34.8 Å². The van der Waals surface area contributed by atoms with Gasteiger partial charge in [-0.25, -0.2) is 0 Å². The Bertz CT molecular complexity index is 195. The summed E-state index contributed by atoms with van der Waals surface area (Å²) >= 11 is 16.7. The van der Waals surface area contributed by atoms with Gasteiger partial charge < -0.3 is 5.11 Å². The van der Waals surface area contributed by atoms with E-state index in [1.54, 1.807) is 12.2 Å². The number of hydrogen-bond acceptors (Lipinski definition) is 1. The van der Waals surface area contributed by atoms with Crippen LogP contribution in [0.15, 0.2) is 23.3 Å². The van der Waals surface area contributed by atoms with Crippen molar-refractivity contribution in [1.29, 1.82) is 0 Å². The molecule has 1 aliphatic rings. The molecule has 0 unspecified atom stereocenters. The van der Waals surface area contributed by atoms with Gasteiger partial charge in [0.2, 0.25) is 0 Å². The summed E-state index contributed by atoms with van der Waals surface area (Å²) in [7, 11) is 0. The first-order valence-corrected chi connectivity index (χ1v) is 3.84. The van der Waals surface area contributed by atoms with E-state index < -0.39 is 10.4 Å². The van der Waals surface area contributed by atoms with Crippen molar-refractivity contribution in [3.05, 3.63) is 23.3 Å². The number of hydrogen-bond donors (Lipinski definition) is 1. The molecule has 0 heterocycles. The quantitative estimate of drug-likeness (QED) is 0.593. The van der Waals surface area contributed by atoms with E-state index in [-0.39, 0.29) is 5.03 Å². The van der Waals surface area contributed by atoms with Crippen molar-refractivity contribution in [3.63, 3.8) is 0 Å². The first-order chi connectivity index (χ1) is 4.55. The molecule has 1 N–H and O–H groups in total. The molecule has 0 aromatic heterocycles. The molecule has 1 rings (SSSR count). The van der Waals surface area contributed by atoms with E-state index >= 15 is 0 Å². The van der Waals surface area contributed by atoms with Crippen LogP contribution in [0.4, 0.5) is 0 Å². The molecular weight excluding hydrogens is 194 g/mol. The molecule has 1 nitrogen and oxygen atoms in total. The third-order valence-electron chi connectivity index (χ3n) is 1.22. The molecule has 0 aliphatic heterocycles. The van der Waals surface area contributed by atoms with Crippen LogP contribution in [0.5, 0.6) is 0 Å². The number of halogens is 3. The molecule has 0 saturated carbocycles. The van der Waals surface area contributed by atoms with E-state index in [0.717, 1.165) is 0 Å². The molecule has 0 radical (unpaired) electrons. The zero-order valence-electron chi connectivity index (χ0n) is 4.89. The van der Waals surface area contributed by atoms with Crippen LogP contribution < -0.4 is 0 Å². The minimum Gasteiger partial charge on any atom is -0.369 e. The van der Waals surface area contributed by atoms with Crippen molar-refractivity contribution in [2.75, 3.05) is 0 Å². The van der Waals surface area contributed by atoms with E-state index in [4.69, 9.17) is 34.8 Å². The Hall–Kier alpha value is 0.310. The lowest BCUT2D eigenvalue weighted by Gasteiger charge is -2.25. The zero-order chi connectivity index (χ0) is 7.78. The summed E-state index contributed by atoms with van der Waals surface area (Å²) in [6.07, 6.45) is 4.73. The fourth-order valence-corrected chi connectivity index (χ4v) is 1.20. The van der Waals surface area contributed by atoms with Crippen LogP contribution in [0, 0.1) is 0 Å². The SMILES string of the molecule is O[C@@]1(Cl)C(Cl)=CC=C[C@H]1Cl. The van der Waals surface area contributed by atoms with E-state index in [9.17, 15) is 5.11 Å². The van der Waals surface area contributed by atoms with Crippen molar-refractivity contribution in [2.24, 2.45) is 0 Å². The Morgan fingerprint density at radius 2 is 2.20 bits per heavy atom. The first kappa shape index (κ1) is 8.41. The van der Waals surface area contributed by atoms with Gasteiger partial charge >= 0.3 is 0 Å². The van der Waals surface area contributed by atoms with Crippen molar-refractivity contribution in [3.8, 4) is 0 Å². The lowest BCUT2D eigenvalue weighted by Crippen LogP contribution is -2.33. The van der Waals surface area contributed by atoms with Gasteiger partial charge in [0, 0.05) is 0 Å². The fourth-order valence-electron chi connectivity index (χ4n) is 0.614. The Balaban J connectivity index is 2.93. The minimum absolute atomic E-state index is 0.150. The van der Waals surface area contributed by atoms with Crippen LogP contribution in [0.3, 0.4) is 0 Å². The van der Waals surface area contributed by atoms with Crippen LogP contribution in [0.25, 0.3) is 0 Å². The summed E-state index contributed by atoms with van der Waals surface area (Å²) in [5, 5.41) is 7.16. The van der Waals surface area contributed by atoms with Crippen molar-refractivity contribution >= 4 is 34.8 Å². The molecule has 0 spiro atoms. The van der Waals surface area contributed by atoms with Crippen molar-refractivity contribution in [1.82, 2.24) is 0 Å². The van der Waals surface area contributed by atoms with Gasteiger partial charge in [-0.1, -0.05) is 35.4 Å². The van der Waals surface area contributed by atoms with Gasteiger partial charge in [-0.3, -0.25) is 0 Å². The van der Waals surface area contributed by atoms with E-state index in [1.165, 1.54) is 6.08 Å². The smallest absolute Gasteiger partial charge is 0.195 e. The number of alkyl halides is 2. The molecule has 0 fully saturated rings.